The van der Waals surface area contributed by atoms with Crippen LogP contribution in [-0.2, 0) is 0 Å². The first-order valence-corrected chi connectivity index (χ1v) is 6.51. The number of fused-ring (bicyclic) bond motifs is 2. The summed E-state index contributed by atoms with van der Waals surface area (Å²) < 4.78 is 0. The van der Waals surface area contributed by atoms with E-state index in [0.29, 0.717) is 0 Å². The topological polar surface area (TPSA) is 0 Å². The molecule has 0 saturated heterocycles. The van der Waals surface area contributed by atoms with Crippen LogP contribution in [0.4, 0.5) is 0 Å². The Morgan fingerprint density at radius 2 is 1.82 bits per heavy atom. The van der Waals surface area contributed by atoms with Gasteiger partial charge in [-0.15, -0.1) is 0 Å². The summed E-state index contributed by atoms with van der Waals surface area (Å²) in [7, 11) is 0. The maximum atomic E-state index is 2.46. The summed E-state index contributed by atoms with van der Waals surface area (Å²) in [6.45, 7) is 4.55. The van der Waals surface area contributed by atoms with E-state index in [0.717, 1.165) is 0 Å². The minimum Gasteiger partial charge on any atom is -0.0739 e. The van der Waals surface area contributed by atoms with Gasteiger partial charge in [-0.3, -0.25) is 0 Å². The number of benzene rings is 1. The summed E-state index contributed by atoms with van der Waals surface area (Å²) in [6.07, 6.45) is 11.9. The molecule has 0 heteroatoms. The Morgan fingerprint density at radius 3 is 2.59 bits per heavy atom. The molecular formula is C17H18. The Hall–Kier alpha value is -1.56. The van der Waals surface area contributed by atoms with Crippen molar-refractivity contribution in [2.24, 2.45) is 5.41 Å². The average molecular weight is 222 g/mol. The van der Waals surface area contributed by atoms with Gasteiger partial charge in [-0.2, -0.15) is 0 Å². The molecule has 2 aliphatic rings. The molecular weight excluding hydrogens is 204 g/mol. The summed E-state index contributed by atoms with van der Waals surface area (Å²) in [5.74, 6) is 0. The van der Waals surface area contributed by atoms with Crippen molar-refractivity contribution >= 4 is 11.6 Å². The van der Waals surface area contributed by atoms with Crippen LogP contribution in [0.5, 0.6) is 0 Å². The smallest absolute Gasteiger partial charge is 0.00682 e. The lowest BCUT2D eigenvalue weighted by atomic mass is 9.76. The van der Waals surface area contributed by atoms with Gasteiger partial charge < -0.3 is 0 Å². The number of rotatable bonds is 2. The molecule has 0 unspecified atom stereocenters. The second-order valence-corrected chi connectivity index (χ2v) is 5.02. The summed E-state index contributed by atoms with van der Waals surface area (Å²) in [5.41, 5.74) is 3.09. The van der Waals surface area contributed by atoms with E-state index in [1.54, 1.807) is 0 Å². The molecule has 0 fully saturated rings. The zero-order chi connectivity index (χ0) is 11.9. The maximum Gasteiger partial charge on any atom is 0.00682 e. The van der Waals surface area contributed by atoms with E-state index in [1.165, 1.54) is 34.4 Å². The van der Waals surface area contributed by atoms with Gasteiger partial charge in [0, 0.05) is 5.41 Å². The molecule has 0 aromatic heterocycles. The van der Waals surface area contributed by atoms with Crippen molar-refractivity contribution in [3.8, 4) is 0 Å². The van der Waals surface area contributed by atoms with Crippen molar-refractivity contribution in [1.29, 1.82) is 0 Å². The fraction of sp³-hybridized carbons (Fsp3) is 0.294. The van der Waals surface area contributed by atoms with Gasteiger partial charge >= 0.3 is 0 Å². The van der Waals surface area contributed by atoms with Gasteiger partial charge in [0.05, 0.1) is 0 Å². The van der Waals surface area contributed by atoms with Crippen molar-refractivity contribution in [2.75, 3.05) is 0 Å². The highest BCUT2D eigenvalue weighted by Gasteiger charge is 2.25. The summed E-state index contributed by atoms with van der Waals surface area (Å²) in [4.78, 5) is 0. The van der Waals surface area contributed by atoms with E-state index in [9.17, 15) is 0 Å². The highest BCUT2D eigenvalue weighted by atomic mass is 14.3. The highest BCUT2D eigenvalue weighted by molar-refractivity contribution is 5.88. The molecule has 1 aromatic carbocycles. The molecule has 0 N–H and O–H groups in total. The average Bonchev–Trinajstić information content (AvgIpc) is 2.75. The lowest BCUT2D eigenvalue weighted by Crippen LogP contribution is -2.22. The Kier molecular flexibility index (Phi) is 2.32. The molecule has 0 atom stereocenters. The predicted molar refractivity (Wildman–Crippen MR) is 73.8 cm³/mol. The Balaban J connectivity index is 2.23. The van der Waals surface area contributed by atoms with E-state index >= 15 is 0 Å². The van der Waals surface area contributed by atoms with Crippen molar-refractivity contribution < 1.29 is 0 Å². The van der Waals surface area contributed by atoms with Gasteiger partial charge in [-0.25, -0.2) is 0 Å². The molecule has 1 aromatic rings. The van der Waals surface area contributed by atoms with E-state index in [2.05, 4.69) is 62.4 Å². The summed E-state index contributed by atoms with van der Waals surface area (Å²) >= 11 is 0. The zero-order valence-corrected chi connectivity index (χ0v) is 10.5. The van der Waals surface area contributed by atoms with E-state index in [1.807, 2.05) is 0 Å². The fourth-order valence-corrected chi connectivity index (χ4v) is 2.87. The normalized spacial score (nSPS) is 19.4. The van der Waals surface area contributed by atoms with Crippen LogP contribution in [0, 0.1) is 5.41 Å². The van der Waals surface area contributed by atoms with Gasteiger partial charge in [-0.05, 0) is 40.5 Å². The second-order valence-electron chi connectivity index (χ2n) is 5.02. The number of hydrogen-bond donors (Lipinski definition) is 0. The van der Waals surface area contributed by atoms with Gasteiger partial charge in [0.1, 0.15) is 0 Å². The van der Waals surface area contributed by atoms with Gasteiger partial charge in [0.25, 0.3) is 0 Å². The van der Waals surface area contributed by atoms with Gasteiger partial charge in [-0.1, -0.05) is 56.3 Å². The minimum atomic E-state index is 0.275. The number of hydrogen-bond acceptors (Lipinski definition) is 0. The van der Waals surface area contributed by atoms with Crippen molar-refractivity contribution in [3.63, 3.8) is 0 Å². The first kappa shape index (κ1) is 10.6. The molecule has 0 radical (unpaired) electrons. The zero-order valence-electron chi connectivity index (χ0n) is 10.5. The molecule has 3 rings (SSSR count). The predicted octanol–water partition coefficient (Wildman–Crippen LogP) is 2.93. The second kappa shape index (κ2) is 3.73. The molecule has 0 nitrogen and oxygen atoms in total. The lowest BCUT2D eigenvalue weighted by molar-refractivity contribution is 0.453. The van der Waals surface area contributed by atoms with Crippen LogP contribution < -0.4 is 10.4 Å². The summed E-state index contributed by atoms with van der Waals surface area (Å²) in [6, 6.07) is 8.66. The van der Waals surface area contributed by atoms with Gasteiger partial charge in [0.2, 0.25) is 0 Å². The Morgan fingerprint density at radius 1 is 1.06 bits per heavy atom. The van der Waals surface area contributed by atoms with Crippen LogP contribution in [0.1, 0.15) is 26.7 Å². The van der Waals surface area contributed by atoms with Crippen LogP contribution in [0.15, 0.2) is 48.1 Å². The highest BCUT2D eigenvalue weighted by Crippen LogP contribution is 2.38. The number of allylic oxidation sites excluding steroid dienone is 4. The minimum absolute atomic E-state index is 0.275. The maximum absolute atomic E-state index is 2.46. The molecule has 0 spiro atoms. The first-order valence-electron chi connectivity index (χ1n) is 6.51. The molecule has 17 heavy (non-hydrogen) atoms. The van der Waals surface area contributed by atoms with Crippen molar-refractivity contribution in [1.82, 2.24) is 0 Å². The molecule has 86 valence electrons. The van der Waals surface area contributed by atoms with E-state index < -0.39 is 0 Å². The molecule has 0 amide bonds. The van der Waals surface area contributed by atoms with Gasteiger partial charge in [0.15, 0.2) is 0 Å². The van der Waals surface area contributed by atoms with Crippen LogP contribution in [-0.4, -0.2) is 0 Å². The monoisotopic (exact) mass is 222 g/mol. The van der Waals surface area contributed by atoms with E-state index in [4.69, 9.17) is 0 Å². The van der Waals surface area contributed by atoms with Crippen LogP contribution in [0.2, 0.25) is 0 Å². The van der Waals surface area contributed by atoms with Crippen molar-refractivity contribution in [2.45, 2.75) is 26.7 Å². The van der Waals surface area contributed by atoms with Crippen LogP contribution >= 0.6 is 0 Å². The largest absolute Gasteiger partial charge is 0.0739 e. The van der Waals surface area contributed by atoms with Crippen molar-refractivity contribution in [3.05, 3.63) is 58.5 Å². The molecule has 0 aliphatic heterocycles. The summed E-state index contributed by atoms with van der Waals surface area (Å²) in [5, 5.41) is 2.75. The quantitative estimate of drug-likeness (QED) is 0.721. The Labute approximate surface area is 103 Å². The third kappa shape index (κ3) is 1.51. The Bertz CT molecular complexity index is 622. The molecule has 0 bridgehead atoms. The molecule has 0 saturated carbocycles. The van der Waals surface area contributed by atoms with E-state index in [-0.39, 0.29) is 5.41 Å². The van der Waals surface area contributed by atoms with Crippen LogP contribution in [0.25, 0.3) is 11.6 Å². The standard InChI is InChI=1S/C17H18/c1-3-17(4-2)10-9-16-14(12-17)11-13-7-5-6-8-15(13)16/h5-12H,3-4H2,1-2H3. The third-order valence-electron chi connectivity index (χ3n) is 4.21. The third-order valence-corrected chi connectivity index (χ3v) is 4.21. The van der Waals surface area contributed by atoms with Crippen LogP contribution in [0.3, 0.4) is 0 Å². The molecule has 2 aliphatic carbocycles. The fourth-order valence-electron chi connectivity index (χ4n) is 2.87. The first-order chi connectivity index (χ1) is 8.28. The molecule has 0 heterocycles. The lowest BCUT2D eigenvalue weighted by Gasteiger charge is -2.28. The SMILES string of the molecule is CCC1(CC)C=CC2=c3ccccc3=CC2=C1.